The van der Waals surface area contributed by atoms with E-state index in [1.54, 1.807) is 25.3 Å². The molecule has 1 aromatic carbocycles. The van der Waals surface area contributed by atoms with E-state index in [0.29, 0.717) is 11.6 Å². The number of carbonyl (C=O) groups is 1. The number of benzene rings is 1. The predicted octanol–water partition coefficient (Wildman–Crippen LogP) is 3.21. The van der Waals surface area contributed by atoms with E-state index in [0.717, 1.165) is 16.9 Å². The van der Waals surface area contributed by atoms with Crippen molar-refractivity contribution in [2.24, 2.45) is 0 Å². The highest BCUT2D eigenvalue weighted by atomic mass is 16.4. The number of aryl methyl sites for hydroxylation is 1. The second-order valence-electron chi connectivity index (χ2n) is 4.76. The van der Waals surface area contributed by atoms with E-state index in [-0.39, 0.29) is 0 Å². The maximum Gasteiger partial charge on any atom is 0.335 e. The Bertz CT molecular complexity index is 602. The van der Waals surface area contributed by atoms with Gasteiger partial charge in [-0.05, 0) is 44.5 Å². The summed E-state index contributed by atoms with van der Waals surface area (Å²) in [6.07, 6.45) is 3.67. The first kappa shape index (κ1) is 13.1. The fourth-order valence-electron chi connectivity index (χ4n) is 1.83. The number of aromatic carboxylic acids is 1. The summed E-state index contributed by atoms with van der Waals surface area (Å²) in [5, 5.41) is 16.4. The molecule has 0 saturated carbocycles. The lowest BCUT2D eigenvalue weighted by Gasteiger charge is -2.07. The first-order valence-corrected chi connectivity index (χ1v) is 6.12. The molecule has 100 valence electrons. The standard InChI is InChI=1S/C14H17N3O2/c1-9(2)17-8-12(7-15-17)16-11-4-5-13(14(18)19)10(3)6-11/h4-9,16H,1-3H3,(H,18,19). The summed E-state index contributed by atoms with van der Waals surface area (Å²) in [5.41, 5.74) is 2.79. The smallest absolute Gasteiger partial charge is 0.335 e. The Morgan fingerprint density at radius 2 is 2.11 bits per heavy atom. The van der Waals surface area contributed by atoms with Crippen molar-refractivity contribution in [1.82, 2.24) is 9.78 Å². The van der Waals surface area contributed by atoms with Crippen LogP contribution >= 0.6 is 0 Å². The van der Waals surface area contributed by atoms with Crippen LogP contribution in [0.2, 0.25) is 0 Å². The molecule has 0 spiro atoms. The van der Waals surface area contributed by atoms with Gasteiger partial charge >= 0.3 is 5.97 Å². The average Bonchev–Trinajstić information content (AvgIpc) is 2.77. The lowest BCUT2D eigenvalue weighted by atomic mass is 10.1. The number of nitrogens with zero attached hydrogens (tertiary/aromatic N) is 2. The highest BCUT2D eigenvalue weighted by molar-refractivity contribution is 5.90. The first-order chi connectivity index (χ1) is 8.97. The zero-order valence-electron chi connectivity index (χ0n) is 11.2. The lowest BCUT2D eigenvalue weighted by molar-refractivity contribution is 0.0696. The first-order valence-electron chi connectivity index (χ1n) is 6.12. The molecule has 0 aliphatic heterocycles. The number of anilines is 2. The summed E-state index contributed by atoms with van der Waals surface area (Å²) in [6.45, 7) is 5.90. The Morgan fingerprint density at radius 1 is 1.37 bits per heavy atom. The van der Waals surface area contributed by atoms with E-state index in [2.05, 4.69) is 24.3 Å². The van der Waals surface area contributed by atoms with E-state index < -0.39 is 5.97 Å². The van der Waals surface area contributed by atoms with Crippen molar-refractivity contribution in [1.29, 1.82) is 0 Å². The molecule has 2 aromatic rings. The maximum atomic E-state index is 10.9. The summed E-state index contributed by atoms with van der Waals surface area (Å²) in [4.78, 5) is 10.9. The van der Waals surface area contributed by atoms with E-state index in [4.69, 9.17) is 5.11 Å². The fraction of sp³-hybridized carbons (Fsp3) is 0.286. The zero-order chi connectivity index (χ0) is 14.0. The molecule has 2 N–H and O–H groups in total. The quantitative estimate of drug-likeness (QED) is 0.884. The molecule has 0 aliphatic carbocycles. The van der Waals surface area contributed by atoms with Crippen LogP contribution in [0, 0.1) is 6.92 Å². The third-order valence-electron chi connectivity index (χ3n) is 2.88. The van der Waals surface area contributed by atoms with Gasteiger partial charge in [0.15, 0.2) is 0 Å². The molecule has 19 heavy (non-hydrogen) atoms. The van der Waals surface area contributed by atoms with Crippen molar-refractivity contribution >= 4 is 17.3 Å². The fourth-order valence-corrected chi connectivity index (χ4v) is 1.83. The van der Waals surface area contributed by atoms with Crippen LogP contribution in [0.5, 0.6) is 0 Å². The number of carboxylic acid groups (broad SMARTS) is 1. The van der Waals surface area contributed by atoms with Crippen molar-refractivity contribution in [2.75, 3.05) is 5.32 Å². The van der Waals surface area contributed by atoms with Crippen LogP contribution in [0.3, 0.4) is 0 Å². The lowest BCUT2D eigenvalue weighted by Crippen LogP contribution is -2.01. The van der Waals surface area contributed by atoms with Gasteiger partial charge in [-0.2, -0.15) is 5.10 Å². The second kappa shape index (κ2) is 5.14. The van der Waals surface area contributed by atoms with Gasteiger partial charge in [-0.25, -0.2) is 4.79 Å². The molecule has 5 heteroatoms. The van der Waals surface area contributed by atoms with Gasteiger partial charge in [-0.15, -0.1) is 0 Å². The third-order valence-corrected chi connectivity index (χ3v) is 2.88. The molecule has 1 aromatic heterocycles. The van der Waals surface area contributed by atoms with E-state index >= 15 is 0 Å². The van der Waals surface area contributed by atoms with Crippen molar-refractivity contribution in [2.45, 2.75) is 26.8 Å². The molecule has 0 saturated heterocycles. The normalized spacial score (nSPS) is 10.7. The van der Waals surface area contributed by atoms with Crippen molar-refractivity contribution in [3.63, 3.8) is 0 Å². The molecular weight excluding hydrogens is 242 g/mol. The summed E-state index contributed by atoms with van der Waals surface area (Å²) in [5.74, 6) is -0.906. The minimum absolute atomic E-state index is 0.312. The monoisotopic (exact) mass is 259 g/mol. The van der Waals surface area contributed by atoms with Crippen molar-refractivity contribution in [3.8, 4) is 0 Å². The van der Waals surface area contributed by atoms with Gasteiger partial charge in [0.05, 0.1) is 17.4 Å². The summed E-state index contributed by atoms with van der Waals surface area (Å²) in [7, 11) is 0. The molecule has 0 fully saturated rings. The Morgan fingerprint density at radius 3 is 2.63 bits per heavy atom. The Labute approximate surface area is 111 Å². The average molecular weight is 259 g/mol. The molecule has 0 bridgehead atoms. The minimum atomic E-state index is -0.906. The van der Waals surface area contributed by atoms with E-state index in [1.807, 2.05) is 16.9 Å². The number of nitrogens with one attached hydrogen (secondary N) is 1. The highest BCUT2D eigenvalue weighted by Crippen LogP contribution is 2.20. The van der Waals surface area contributed by atoms with Crippen LogP contribution < -0.4 is 5.32 Å². The van der Waals surface area contributed by atoms with Crippen LogP contribution in [0.25, 0.3) is 0 Å². The summed E-state index contributed by atoms with van der Waals surface area (Å²) in [6, 6.07) is 5.48. The minimum Gasteiger partial charge on any atom is -0.478 e. The number of rotatable bonds is 4. The van der Waals surface area contributed by atoms with Crippen LogP contribution in [0.4, 0.5) is 11.4 Å². The molecule has 0 radical (unpaired) electrons. The van der Waals surface area contributed by atoms with Crippen LogP contribution in [0.1, 0.15) is 35.8 Å². The van der Waals surface area contributed by atoms with Gasteiger partial charge in [-0.3, -0.25) is 4.68 Å². The van der Waals surface area contributed by atoms with Crippen LogP contribution in [0.15, 0.2) is 30.6 Å². The maximum absolute atomic E-state index is 10.9. The SMILES string of the molecule is Cc1cc(Nc2cnn(C(C)C)c2)ccc1C(=O)O. The van der Waals surface area contributed by atoms with Gasteiger partial charge < -0.3 is 10.4 Å². The van der Waals surface area contributed by atoms with Gasteiger partial charge in [-0.1, -0.05) is 0 Å². The summed E-state index contributed by atoms with van der Waals surface area (Å²) >= 11 is 0. The Balaban J connectivity index is 2.19. The highest BCUT2D eigenvalue weighted by Gasteiger charge is 2.08. The predicted molar refractivity (Wildman–Crippen MR) is 74.0 cm³/mol. The second-order valence-corrected chi connectivity index (χ2v) is 4.76. The van der Waals surface area contributed by atoms with Gasteiger partial charge in [0, 0.05) is 17.9 Å². The molecule has 0 unspecified atom stereocenters. The molecule has 5 nitrogen and oxygen atoms in total. The van der Waals surface area contributed by atoms with Gasteiger partial charge in [0.2, 0.25) is 0 Å². The van der Waals surface area contributed by atoms with Crippen LogP contribution in [-0.2, 0) is 0 Å². The van der Waals surface area contributed by atoms with Gasteiger partial charge in [0.1, 0.15) is 0 Å². The Hall–Kier alpha value is -2.30. The zero-order valence-corrected chi connectivity index (χ0v) is 11.2. The van der Waals surface area contributed by atoms with Gasteiger partial charge in [0.25, 0.3) is 0 Å². The number of hydrogen-bond donors (Lipinski definition) is 2. The third kappa shape index (κ3) is 2.93. The number of carboxylic acids is 1. The number of hydrogen-bond acceptors (Lipinski definition) is 3. The Kier molecular flexibility index (Phi) is 3.55. The largest absolute Gasteiger partial charge is 0.478 e. The molecule has 0 aliphatic rings. The molecule has 0 atom stereocenters. The molecule has 0 amide bonds. The van der Waals surface area contributed by atoms with Crippen molar-refractivity contribution in [3.05, 3.63) is 41.7 Å². The molecule has 1 heterocycles. The van der Waals surface area contributed by atoms with Crippen molar-refractivity contribution < 1.29 is 9.90 Å². The molecule has 2 rings (SSSR count). The van der Waals surface area contributed by atoms with Crippen LogP contribution in [-0.4, -0.2) is 20.9 Å². The number of aromatic nitrogens is 2. The summed E-state index contributed by atoms with van der Waals surface area (Å²) < 4.78 is 1.86. The van der Waals surface area contributed by atoms with E-state index in [9.17, 15) is 4.79 Å². The molecular formula is C14H17N3O2. The topological polar surface area (TPSA) is 67.2 Å². The van der Waals surface area contributed by atoms with E-state index in [1.165, 1.54) is 0 Å².